The lowest BCUT2D eigenvalue weighted by Gasteiger charge is -2.15. The molecule has 0 radical (unpaired) electrons. The van der Waals surface area contributed by atoms with Gasteiger partial charge in [0.1, 0.15) is 17.2 Å². The van der Waals surface area contributed by atoms with E-state index in [9.17, 15) is 18.4 Å². The highest BCUT2D eigenvalue weighted by molar-refractivity contribution is 5.99. The maximum atomic E-state index is 12.4. The summed E-state index contributed by atoms with van der Waals surface area (Å²) in [5, 5.41) is 2.49. The summed E-state index contributed by atoms with van der Waals surface area (Å²) in [4.78, 5) is 23.0. The van der Waals surface area contributed by atoms with Crippen molar-refractivity contribution in [1.82, 2.24) is 0 Å². The zero-order chi connectivity index (χ0) is 17.4. The van der Waals surface area contributed by atoms with Gasteiger partial charge in [-0.2, -0.15) is 8.78 Å². The lowest BCUT2D eigenvalue weighted by Crippen LogP contribution is -2.16. The molecular formula is C14H15F2NO6. The van der Waals surface area contributed by atoms with Crippen LogP contribution in [-0.2, 0) is 19.1 Å². The zero-order valence-electron chi connectivity index (χ0n) is 12.6. The van der Waals surface area contributed by atoms with Crippen LogP contribution in [0, 0.1) is 0 Å². The fraction of sp³-hybridized carbons (Fsp3) is 0.286. The van der Waals surface area contributed by atoms with Gasteiger partial charge in [0.15, 0.2) is 0 Å². The number of benzene rings is 1. The third kappa shape index (κ3) is 5.46. The van der Waals surface area contributed by atoms with Gasteiger partial charge in [0, 0.05) is 6.07 Å². The maximum Gasteiger partial charge on any atom is 0.387 e. The highest BCUT2D eigenvalue weighted by atomic mass is 19.3. The zero-order valence-corrected chi connectivity index (χ0v) is 12.6. The number of esters is 2. The number of rotatable bonds is 7. The molecule has 0 saturated heterocycles. The smallest absolute Gasteiger partial charge is 0.387 e. The Kier molecular flexibility index (Phi) is 6.78. The summed E-state index contributed by atoms with van der Waals surface area (Å²) in [7, 11) is 3.58. The van der Waals surface area contributed by atoms with Gasteiger partial charge in [0.2, 0.25) is 0 Å². The van der Waals surface area contributed by atoms with E-state index in [4.69, 9.17) is 4.74 Å². The first-order valence-electron chi connectivity index (χ1n) is 6.19. The van der Waals surface area contributed by atoms with Crippen molar-refractivity contribution in [2.24, 2.45) is 0 Å². The minimum absolute atomic E-state index is 0.0230. The largest absolute Gasteiger partial charge is 0.497 e. The molecule has 1 aromatic rings. The van der Waals surface area contributed by atoms with Crippen molar-refractivity contribution in [3.05, 3.63) is 30.0 Å². The predicted molar refractivity (Wildman–Crippen MR) is 75.4 cm³/mol. The van der Waals surface area contributed by atoms with Crippen LogP contribution in [0.5, 0.6) is 11.5 Å². The molecule has 23 heavy (non-hydrogen) atoms. The summed E-state index contributed by atoms with van der Waals surface area (Å²) in [5.74, 6) is -1.67. The second kappa shape index (κ2) is 8.57. The molecule has 0 aromatic heterocycles. The number of ether oxygens (including phenoxy) is 4. The first-order chi connectivity index (χ1) is 10.9. The van der Waals surface area contributed by atoms with E-state index in [2.05, 4.69) is 19.5 Å². The molecule has 0 heterocycles. The highest BCUT2D eigenvalue weighted by Crippen LogP contribution is 2.31. The molecule has 0 aliphatic rings. The lowest BCUT2D eigenvalue weighted by molar-refractivity contribution is -0.138. The van der Waals surface area contributed by atoms with Gasteiger partial charge in [-0.25, -0.2) is 9.59 Å². The Morgan fingerprint density at radius 3 is 2.39 bits per heavy atom. The van der Waals surface area contributed by atoms with Crippen LogP contribution in [0.3, 0.4) is 0 Å². The van der Waals surface area contributed by atoms with E-state index in [1.165, 1.54) is 25.3 Å². The molecule has 1 aromatic carbocycles. The molecule has 0 atom stereocenters. The number of hydrogen-bond acceptors (Lipinski definition) is 7. The van der Waals surface area contributed by atoms with Crippen molar-refractivity contribution in [2.75, 3.05) is 26.6 Å². The Labute approximate surface area is 130 Å². The lowest BCUT2D eigenvalue weighted by atomic mass is 10.2. The quantitative estimate of drug-likeness (QED) is 0.604. The maximum absolute atomic E-state index is 12.4. The van der Waals surface area contributed by atoms with E-state index in [1.807, 2.05) is 0 Å². The first kappa shape index (κ1) is 18.2. The second-order valence-electron chi connectivity index (χ2n) is 3.94. The average Bonchev–Trinajstić information content (AvgIpc) is 2.54. The van der Waals surface area contributed by atoms with Crippen LogP contribution in [0.15, 0.2) is 30.0 Å². The van der Waals surface area contributed by atoms with Crippen LogP contribution >= 0.6 is 0 Å². The van der Waals surface area contributed by atoms with E-state index in [-0.39, 0.29) is 17.1 Å². The minimum Gasteiger partial charge on any atom is -0.497 e. The van der Waals surface area contributed by atoms with Gasteiger partial charge in [-0.05, 0) is 12.1 Å². The van der Waals surface area contributed by atoms with Gasteiger partial charge in [-0.15, -0.1) is 0 Å². The molecule has 0 bridgehead atoms. The fourth-order valence-corrected chi connectivity index (χ4v) is 1.51. The normalized spacial score (nSPS) is 11.0. The number of hydrogen-bond donors (Lipinski definition) is 1. The molecule has 7 nitrogen and oxygen atoms in total. The molecule has 0 aliphatic carbocycles. The van der Waals surface area contributed by atoms with Gasteiger partial charge in [-0.3, -0.25) is 0 Å². The Balaban J connectivity index is 3.22. The van der Waals surface area contributed by atoms with Crippen LogP contribution in [-0.4, -0.2) is 39.9 Å². The van der Waals surface area contributed by atoms with Gasteiger partial charge < -0.3 is 24.3 Å². The first-order valence-corrected chi connectivity index (χ1v) is 6.19. The predicted octanol–water partition coefficient (Wildman–Crippen LogP) is 1.94. The van der Waals surface area contributed by atoms with Crippen LogP contribution < -0.4 is 14.8 Å². The number of nitrogens with one attached hydrogen (secondary N) is 1. The number of carbonyl (C=O) groups is 2. The van der Waals surface area contributed by atoms with Gasteiger partial charge >= 0.3 is 18.6 Å². The molecule has 0 spiro atoms. The minimum atomic E-state index is -3.07. The molecular weight excluding hydrogens is 316 g/mol. The Bertz CT molecular complexity index is 603. The topological polar surface area (TPSA) is 83.1 Å². The van der Waals surface area contributed by atoms with Crippen LogP contribution in [0.4, 0.5) is 14.5 Å². The van der Waals surface area contributed by atoms with Gasteiger partial charge in [-0.1, -0.05) is 0 Å². The van der Waals surface area contributed by atoms with E-state index in [0.717, 1.165) is 20.3 Å². The molecule has 0 amide bonds. The second-order valence-corrected chi connectivity index (χ2v) is 3.94. The molecule has 1 rings (SSSR count). The van der Waals surface area contributed by atoms with Crippen molar-refractivity contribution in [1.29, 1.82) is 0 Å². The standard InChI is InChI=1S/C14H15F2NO6/c1-20-8-4-5-11(23-14(15)16)9(6-8)17-10(13(19)22-3)7-12(18)21-2/h4-7,14,17H,1-3H3/b10-7+. The monoisotopic (exact) mass is 331 g/mol. The highest BCUT2D eigenvalue weighted by Gasteiger charge is 2.17. The van der Waals surface area contributed by atoms with Crippen molar-refractivity contribution >= 4 is 17.6 Å². The Hall–Kier alpha value is -2.84. The molecule has 126 valence electrons. The van der Waals surface area contributed by atoms with Crippen LogP contribution in [0.1, 0.15) is 0 Å². The van der Waals surface area contributed by atoms with E-state index >= 15 is 0 Å². The molecule has 9 heteroatoms. The van der Waals surface area contributed by atoms with Crippen molar-refractivity contribution in [3.63, 3.8) is 0 Å². The summed E-state index contributed by atoms with van der Waals surface area (Å²) in [6.45, 7) is -3.07. The van der Waals surface area contributed by atoms with Crippen molar-refractivity contribution in [3.8, 4) is 11.5 Å². The SMILES string of the molecule is COC(=O)/C=C(/Nc1cc(OC)ccc1OC(F)F)C(=O)OC. The van der Waals surface area contributed by atoms with Crippen molar-refractivity contribution in [2.45, 2.75) is 6.61 Å². The Morgan fingerprint density at radius 2 is 1.87 bits per heavy atom. The Morgan fingerprint density at radius 1 is 1.17 bits per heavy atom. The third-order valence-electron chi connectivity index (χ3n) is 2.54. The summed E-state index contributed by atoms with van der Waals surface area (Å²) in [6, 6.07) is 3.93. The summed E-state index contributed by atoms with van der Waals surface area (Å²) in [6.07, 6.45) is 0.817. The third-order valence-corrected chi connectivity index (χ3v) is 2.54. The number of alkyl halides is 2. The summed E-state index contributed by atoms with van der Waals surface area (Å²) in [5.41, 5.74) is -0.350. The summed E-state index contributed by atoms with van der Waals surface area (Å²) >= 11 is 0. The van der Waals surface area contributed by atoms with E-state index < -0.39 is 18.6 Å². The molecule has 0 fully saturated rings. The molecule has 0 aliphatic heterocycles. The fourth-order valence-electron chi connectivity index (χ4n) is 1.51. The molecule has 0 unspecified atom stereocenters. The average molecular weight is 331 g/mol. The number of carbonyl (C=O) groups excluding carboxylic acids is 2. The van der Waals surface area contributed by atoms with Crippen LogP contribution in [0.2, 0.25) is 0 Å². The molecule has 1 N–H and O–H groups in total. The van der Waals surface area contributed by atoms with E-state index in [1.54, 1.807) is 0 Å². The van der Waals surface area contributed by atoms with Crippen molar-refractivity contribution < 1.29 is 37.3 Å². The molecule has 0 saturated carbocycles. The summed E-state index contributed by atoms with van der Waals surface area (Å²) < 4.78 is 43.1. The van der Waals surface area contributed by atoms with Crippen LogP contribution in [0.25, 0.3) is 0 Å². The number of halogens is 2. The number of methoxy groups -OCH3 is 3. The van der Waals surface area contributed by atoms with Gasteiger partial charge in [0.25, 0.3) is 0 Å². The van der Waals surface area contributed by atoms with E-state index in [0.29, 0.717) is 5.75 Å². The van der Waals surface area contributed by atoms with Gasteiger partial charge in [0.05, 0.1) is 33.1 Å². The number of anilines is 1.